The number of amides is 1. The largest absolute Gasteiger partial charge is 0.375 e. The van der Waals surface area contributed by atoms with Crippen LogP contribution in [0.15, 0.2) is 59.7 Å². The normalized spacial score (nSPS) is 11.3. The molecule has 0 unspecified atom stereocenters. The fraction of sp³-hybridized carbons (Fsp3) is 0.0455. The van der Waals surface area contributed by atoms with E-state index in [0.717, 1.165) is 10.4 Å². The van der Waals surface area contributed by atoms with E-state index in [9.17, 15) is 4.79 Å². The molecule has 12 heteroatoms. The van der Waals surface area contributed by atoms with Crippen molar-refractivity contribution in [1.82, 2.24) is 15.7 Å². The summed E-state index contributed by atoms with van der Waals surface area (Å²) in [6, 6.07) is 13.8. The number of rotatable bonds is 6. The molecule has 174 valence electrons. The Morgan fingerprint density at radius 2 is 1.71 bits per heavy atom. The Kier molecular flexibility index (Phi) is 9.08. The van der Waals surface area contributed by atoms with Crippen LogP contribution in [0.25, 0.3) is 6.08 Å². The van der Waals surface area contributed by atoms with Crippen LogP contribution in [0.5, 0.6) is 0 Å². The van der Waals surface area contributed by atoms with Gasteiger partial charge in [0.25, 0.3) is 5.91 Å². The first-order chi connectivity index (χ1) is 16.2. The Morgan fingerprint density at radius 1 is 1.09 bits per heavy atom. The molecule has 0 spiro atoms. The van der Waals surface area contributed by atoms with E-state index in [0.29, 0.717) is 32.1 Å². The standard InChI is InChI=1S/C22H18Cl2N6OS3/c1-12-18(17(29-30-20(25)32)11-4-13-2-7-15(23)8-3-13)34-22(26-12)28-21(33)27-19(31)14-5-9-16(24)10-6-14/h2-11H,1H3,(H3,25,30,32)(H2,26,27,28,31,33). The minimum Gasteiger partial charge on any atom is -0.375 e. The van der Waals surface area contributed by atoms with Crippen molar-refractivity contribution in [2.75, 3.05) is 5.32 Å². The number of thiocarbonyl (C=S) groups is 2. The maximum absolute atomic E-state index is 12.4. The third-order valence-electron chi connectivity index (χ3n) is 4.17. The van der Waals surface area contributed by atoms with Gasteiger partial charge in [0.1, 0.15) is 5.71 Å². The van der Waals surface area contributed by atoms with Crippen LogP contribution in [-0.2, 0) is 0 Å². The number of halogens is 2. The molecule has 0 saturated heterocycles. The van der Waals surface area contributed by atoms with Gasteiger partial charge < -0.3 is 11.1 Å². The summed E-state index contributed by atoms with van der Waals surface area (Å²) >= 11 is 23.2. The number of allylic oxidation sites excluding steroid dienone is 1. The minimum atomic E-state index is -0.364. The second-order valence-electron chi connectivity index (χ2n) is 6.71. The molecule has 0 radical (unpaired) electrons. The van der Waals surface area contributed by atoms with Gasteiger partial charge in [0.05, 0.1) is 10.6 Å². The van der Waals surface area contributed by atoms with Gasteiger partial charge in [-0.2, -0.15) is 5.10 Å². The number of carbonyl (C=O) groups excluding carboxylic acids is 1. The van der Waals surface area contributed by atoms with E-state index in [1.165, 1.54) is 11.3 Å². The quantitative estimate of drug-likeness (QED) is 0.192. The molecule has 0 saturated carbocycles. The van der Waals surface area contributed by atoms with Crippen molar-refractivity contribution in [3.63, 3.8) is 0 Å². The zero-order chi connectivity index (χ0) is 24.7. The van der Waals surface area contributed by atoms with Crippen LogP contribution in [0.1, 0.15) is 26.5 Å². The number of thiazole rings is 1. The molecule has 1 amide bonds. The van der Waals surface area contributed by atoms with E-state index < -0.39 is 0 Å². The number of nitrogens with two attached hydrogens (primary N) is 1. The van der Waals surface area contributed by atoms with Crippen LogP contribution in [0, 0.1) is 6.92 Å². The summed E-state index contributed by atoms with van der Waals surface area (Å²) in [5, 5.41) is 11.6. The van der Waals surface area contributed by atoms with Gasteiger partial charge in [-0.3, -0.25) is 15.5 Å². The predicted octanol–water partition coefficient (Wildman–Crippen LogP) is 5.14. The molecule has 1 heterocycles. The van der Waals surface area contributed by atoms with Crippen LogP contribution in [0.2, 0.25) is 10.0 Å². The van der Waals surface area contributed by atoms with Gasteiger partial charge in [-0.15, -0.1) is 0 Å². The lowest BCUT2D eigenvalue weighted by atomic mass is 10.1. The van der Waals surface area contributed by atoms with E-state index in [2.05, 4.69) is 26.1 Å². The summed E-state index contributed by atoms with van der Waals surface area (Å²) in [4.78, 5) is 17.6. The smallest absolute Gasteiger partial charge is 0.257 e. The fourth-order valence-corrected chi connectivity index (χ4v) is 4.11. The molecule has 34 heavy (non-hydrogen) atoms. The molecule has 0 aliphatic carbocycles. The summed E-state index contributed by atoms with van der Waals surface area (Å²) in [7, 11) is 0. The van der Waals surface area contributed by atoms with Crippen molar-refractivity contribution in [3.05, 3.63) is 86.4 Å². The Labute approximate surface area is 221 Å². The third-order valence-corrected chi connectivity index (χ3v) is 6.07. The molecular formula is C22H18Cl2N6OS3. The Balaban J connectivity index is 1.76. The molecule has 0 aliphatic heterocycles. The zero-order valence-electron chi connectivity index (χ0n) is 17.6. The molecule has 0 atom stereocenters. The highest BCUT2D eigenvalue weighted by atomic mass is 35.5. The highest BCUT2D eigenvalue weighted by Gasteiger charge is 2.15. The van der Waals surface area contributed by atoms with Crippen LogP contribution in [0.4, 0.5) is 5.13 Å². The van der Waals surface area contributed by atoms with E-state index in [4.69, 9.17) is 53.4 Å². The Hall–Kier alpha value is -2.89. The van der Waals surface area contributed by atoms with Gasteiger partial charge in [-0.1, -0.05) is 52.7 Å². The molecule has 5 N–H and O–H groups in total. The number of hydrogen-bond donors (Lipinski definition) is 4. The van der Waals surface area contributed by atoms with Crippen molar-refractivity contribution in [3.8, 4) is 0 Å². The maximum atomic E-state index is 12.4. The number of hydrazone groups is 1. The maximum Gasteiger partial charge on any atom is 0.257 e. The first-order valence-corrected chi connectivity index (χ1v) is 12.0. The molecule has 7 nitrogen and oxygen atoms in total. The highest BCUT2D eigenvalue weighted by Crippen LogP contribution is 2.24. The monoisotopic (exact) mass is 548 g/mol. The van der Waals surface area contributed by atoms with Gasteiger partial charge >= 0.3 is 0 Å². The Morgan fingerprint density at radius 3 is 2.32 bits per heavy atom. The van der Waals surface area contributed by atoms with Gasteiger partial charge in [-0.05, 0) is 79.4 Å². The van der Waals surface area contributed by atoms with Crippen molar-refractivity contribution < 1.29 is 4.79 Å². The first-order valence-electron chi connectivity index (χ1n) is 9.64. The van der Waals surface area contributed by atoms with Crippen molar-refractivity contribution >= 4 is 92.0 Å². The number of benzene rings is 2. The minimum absolute atomic E-state index is 0.0315. The highest BCUT2D eigenvalue weighted by molar-refractivity contribution is 7.80. The number of nitrogens with zero attached hydrogens (tertiary/aromatic N) is 2. The van der Waals surface area contributed by atoms with Gasteiger partial charge in [0.2, 0.25) is 0 Å². The summed E-state index contributed by atoms with van der Waals surface area (Å²) in [5.41, 5.74) is 10.8. The third kappa shape index (κ3) is 7.57. The molecule has 3 rings (SSSR count). The number of carbonyl (C=O) groups is 1. The number of hydrogen-bond acceptors (Lipinski definition) is 6. The molecule has 0 aliphatic rings. The van der Waals surface area contributed by atoms with E-state index in [-0.39, 0.29) is 16.1 Å². The molecule has 0 bridgehead atoms. The molecule has 3 aromatic rings. The average molecular weight is 550 g/mol. The van der Waals surface area contributed by atoms with E-state index in [1.54, 1.807) is 42.5 Å². The lowest BCUT2D eigenvalue weighted by Crippen LogP contribution is -2.34. The number of aryl methyl sites for hydroxylation is 1. The predicted molar refractivity (Wildman–Crippen MR) is 149 cm³/mol. The lowest BCUT2D eigenvalue weighted by Gasteiger charge is -2.07. The average Bonchev–Trinajstić information content (AvgIpc) is 3.14. The summed E-state index contributed by atoms with van der Waals surface area (Å²) < 4.78 is 0. The molecular weight excluding hydrogens is 531 g/mol. The molecule has 2 aromatic carbocycles. The summed E-state index contributed by atoms with van der Waals surface area (Å²) in [6.07, 6.45) is 3.68. The van der Waals surface area contributed by atoms with Gasteiger partial charge in [-0.25, -0.2) is 4.98 Å². The SMILES string of the molecule is Cc1nc(NC(=S)NC(=O)c2ccc(Cl)cc2)sc1C(C=Cc1ccc(Cl)cc1)=NNC(N)=S. The van der Waals surface area contributed by atoms with Crippen LogP contribution in [-0.4, -0.2) is 26.8 Å². The van der Waals surface area contributed by atoms with Gasteiger partial charge in [0, 0.05) is 15.6 Å². The Bertz CT molecular complexity index is 1270. The van der Waals surface area contributed by atoms with Crippen LogP contribution in [0.3, 0.4) is 0 Å². The fourth-order valence-electron chi connectivity index (χ4n) is 2.62. The second kappa shape index (κ2) is 12.0. The lowest BCUT2D eigenvalue weighted by molar-refractivity contribution is 0.0977. The first kappa shape index (κ1) is 25.7. The summed E-state index contributed by atoms with van der Waals surface area (Å²) in [6.45, 7) is 1.83. The van der Waals surface area contributed by atoms with Crippen LogP contribution >= 0.6 is 59.0 Å². The van der Waals surface area contributed by atoms with Crippen molar-refractivity contribution in [2.45, 2.75) is 6.92 Å². The second-order valence-corrected chi connectivity index (χ2v) is 9.43. The number of nitrogens with one attached hydrogen (secondary N) is 3. The summed E-state index contributed by atoms with van der Waals surface area (Å²) in [5.74, 6) is -0.364. The van der Waals surface area contributed by atoms with Gasteiger partial charge in [0.15, 0.2) is 15.4 Å². The topological polar surface area (TPSA) is 104 Å². The van der Waals surface area contributed by atoms with E-state index in [1.807, 2.05) is 25.1 Å². The van der Waals surface area contributed by atoms with E-state index >= 15 is 0 Å². The number of aromatic nitrogens is 1. The van der Waals surface area contributed by atoms with Crippen molar-refractivity contribution in [1.29, 1.82) is 0 Å². The zero-order valence-corrected chi connectivity index (χ0v) is 21.6. The van der Waals surface area contributed by atoms with Crippen LogP contribution < -0.4 is 21.8 Å². The number of anilines is 1. The molecule has 0 fully saturated rings. The van der Waals surface area contributed by atoms with Crippen molar-refractivity contribution in [2.24, 2.45) is 10.8 Å². The molecule has 1 aromatic heterocycles.